The van der Waals surface area contributed by atoms with Gasteiger partial charge in [-0.15, -0.1) is 0 Å². The van der Waals surface area contributed by atoms with Crippen LogP contribution in [0.2, 0.25) is 0 Å². The van der Waals surface area contributed by atoms with E-state index in [0.717, 1.165) is 42.5 Å². The molecule has 1 atom stereocenters. The number of nitrogens with one attached hydrogen (secondary N) is 2. The number of aromatic nitrogens is 1. The number of nitrogens with zero attached hydrogens (tertiary/aromatic N) is 1. The van der Waals surface area contributed by atoms with E-state index in [2.05, 4.69) is 10.6 Å². The second kappa shape index (κ2) is 8.65. The summed E-state index contributed by atoms with van der Waals surface area (Å²) in [6.45, 7) is 0. The van der Waals surface area contributed by atoms with Gasteiger partial charge in [0.15, 0.2) is 11.4 Å². The Balaban J connectivity index is 1.12. The molecule has 32 heavy (non-hydrogen) atoms. The number of hydrogen-bond acceptors (Lipinski definition) is 5. The van der Waals surface area contributed by atoms with Crippen molar-refractivity contribution >= 4 is 28.5 Å². The van der Waals surface area contributed by atoms with Gasteiger partial charge >= 0.3 is 5.76 Å². The number of anilines is 1. The first-order valence-corrected chi connectivity index (χ1v) is 11.4. The van der Waals surface area contributed by atoms with Gasteiger partial charge in [0.05, 0.1) is 5.52 Å². The van der Waals surface area contributed by atoms with Crippen molar-refractivity contribution in [1.82, 2.24) is 9.88 Å². The van der Waals surface area contributed by atoms with Crippen molar-refractivity contribution in [3.05, 3.63) is 64.6 Å². The maximum atomic E-state index is 12.5. The van der Waals surface area contributed by atoms with Crippen molar-refractivity contribution in [2.24, 2.45) is 0 Å². The number of carbonyl (C=O) groups is 2. The highest BCUT2D eigenvalue weighted by atomic mass is 16.4. The average molecular weight is 434 g/mol. The van der Waals surface area contributed by atoms with Crippen LogP contribution in [0.1, 0.15) is 61.3 Å². The van der Waals surface area contributed by atoms with Gasteiger partial charge in [0.25, 0.3) is 0 Å². The predicted octanol–water partition coefficient (Wildman–Crippen LogP) is 4.04. The van der Waals surface area contributed by atoms with Crippen LogP contribution in [0.5, 0.6) is 0 Å². The van der Waals surface area contributed by atoms with Crippen molar-refractivity contribution in [2.45, 2.75) is 63.1 Å². The van der Waals surface area contributed by atoms with Gasteiger partial charge in [-0.05, 0) is 56.4 Å². The summed E-state index contributed by atoms with van der Waals surface area (Å²) >= 11 is 0. The van der Waals surface area contributed by atoms with Crippen LogP contribution in [0.25, 0.3) is 11.1 Å². The number of benzene rings is 2. The first-order valence-electron chi connectivity index (χ1n) is 11.4. The number of carbonyl (C=O) groups excluding carboxylic acids is 2. The third kappa shape index (κ3) is 4.07. The van der Waals surface area contributed by atoms with Gasteiger partial charge < -0.3 is 15.1 Å². The van der Waals surface area contributed by atoms with E-state index in [1.54, 1.807) is 4.57 Å². The van der Waals surface area contributed by atoms with Gasteiger partial charge in [0.2, 0.25) is 5.91 Å². The molecule has 1 fully saturated rings. The molecule has 1 amide bonds. The van der Waals surface area contributed by atoms with Crippen LogP contribution in [0, 0.1) is 0 Å². The van der Waals surface area contributed by atoms with Crippen LogP contribution >= 0.6 is 0 Å². The lowest BCUT2D eigenvalue weighted by molar-refractivity contribution is -0.122. The van der Waals surface area contributed by atoms with Crippen LogP contribution in [0.4, 0.5) is 5.69 Å². The van der Waals surface area contributed by atoms with Crippen molar-refractivity contribution < 1.29 is 14.0 Å². The fourth-order valence-corrected chi connectivity index (χ4v) is 5.04. The van der Waals surface area contributed by atoms with E-state index < -0.39 is 0 Å². The number of fused-ring (bicyclic) bond motifs is 2. The highest BCUT2D eigenvalue weighted by Crippen LogP contribution is 2.31. The number of para-hydroxylation sites is 3. The first kappa shape index (κ1) is 20.5. The topological polar surface area (TPSA) is 93.3 Å². The van der Waals surface area contributed by atoms with Gasteiger partial charge in [-0.2, -0.15) is 0 Å². The molecule has 0 spiro atoms. The molecule has 7 heteroatoms. The molecule has 2 aliphatic rings. The fourth-order valence-electron chi connectivity index (χ4n) is 5.04. The number of amides is 1. The summed E-state index contributed by atoms with van der Waals surface area (Å²) in [5.74, 6) is -0.160. The summed E-state index contributed by atoms with van der Waals surface area (Å²) in [5, 5.41) is 6.53. The summed E-state index contributed by atoms with van der Waals surface area (Å²) in [4.78, 5) is 37.2. The van der Waals surface area contributed by atoms with Crippen LogP contribution in [0.15, 0.2) is 57.7 Å². The number of ketones is 1. The van der Waals surface area contributed by atoms with Crippen LogP contribution in [-0.2, 0) is 4.79 Å². The maximum absolute atomic E-state index is 12.5. The second-order valence-electron chi connectivity index (χ2n) is 8.83. The fraction of sp³-hybridized carbons (Fsp3) is 0.400. The van der Waals surface area contributed by atoms with Crippen LogP contribution < -0.4 is 16.4 Å². The zero-order valence-electron chi connectivity index (χ0n) is 17.9. The second-order valence-corrected chi connectivity index (χ2v) is 8.83. The van der Waals surface area contributed by atoms with E-state index in [1.165, 1.54) is 0 Å². The molecule has 1 aromatic heterocycles. The number of oxazole rings is 1. The SMILES string of the molecule is O=C(CCC1CC(=O)c2ccccc2N1)NC1CCC(n2c(=O)oc3ccccc32)CC1. The molecule has 2 heterocycles. The van der Waals surface area contributed by atoms with Crippen LogP contribution in [-0.4, -0.2) is 28.3 Å². The van der Waals surface area contributed by atoms with E-state index in [9.17, 15) is 14.4 Å². The lowest BCUT2D eigenvalue weighted by Gasteiger charge is -2.30. The zero-order chi connectivity index (χ0) is 22.1. The highest BCUT2D eigenvalue weighted by molar-refractivity contribution is 6.03. The largest absolute Gasteiger partial charge is 0.420 e. The minimum atomic E-state index is -0.310. The van der Waals surface area contributed by atoms with Gasteiger partial charge in [0.1, 0.15) is 0 Å². The predicted molar refractivity (Wildman–Crippen MR) is 122 cm³/mol. The van der Waals surface area contributed by atoms with Crippen molar-refractivity contribution in [1.29, 1.82) is 0 Å². The number of hydrogen-bond donors (Lipinski definition) is 2. The molecule has 5 rings (SSSR count). The quantitative estimate of drug-likeness (QED) is 0.633. The normalized spacial score (nSPS) is 22.9. The van der Waals surface area contributed by atoms with E-state index >= 15 is 0 Å². The molecule has 2 aromatic carbocycles. The number of rotatable bonds is 5. The Hall–Kier alpha value is -3.35. The van der Waals surface area contributed by atoms with E-state index in [1.807, 2.05) is 48.5 Å². The molecule has 0 radical (unpaired) electrons. The molecule has 1 saturated carbocycles. The maximum Gasteiger partial charge on any atom is 0.420 e. The third-order valence-electron chi connectivity index (χ3n) is 6.68. The Bertz CT molecular complexity index is 1200. The molecule has 0 saturated heterocycles. The summed E-state index contributed by atoms with van der Waals surface area (Å²) in [5.41, 5.74) is 3.04. The van der Waals surface area contributed by atoms with Crippen molar-refractivity contribution in [2.75, 3.05) is 5.32 Å². The molecule has 166 valence electrons. The highest BCUT2D eigenvalue weighted by Gasteiger charge is 2.28. The summed E-state index contributed by atoms with van der Waals surface area (Å²) < 4.78 is 7.13. The van der Waals surface area contributed by atoms with Gasteiger partial charge in [-0.1, -0.05) is 24.3 Å². The molecule has 1 aliphatic heterocycles. The molecule has 0 bridgehead atoms. The van der Waals surface area contributed by atoms with Crippen molar-refractivity contribution in [3.8, 4) is 0 Å². The lowest BCUT2D eigenvalue weighted by Crippen LogP contribution is -2.39. The third-order valence-corrected chi connectivity index (χ3v) is 6.68. The minimum Gasteiger partial charge on any atom is -0.408 e. The smallest absolute Gasteiger partial charge is 0.408 e. The Morgan fingerprint density at radius 3 is 2.62 bits per heavy atom. The first-order chi connectivity index (χ1) is 15.6. The Kier molecular flexibility index (Phi) is 5.55. The van der Waals surface area contributed by atoms with Gasteiger partial charge in [-0.3, -0.25) is 14.2 Å². The Morgan fingerprint density at radius 2 is 1.78 bits per heavy atom. The summed E-state index contributed by atoms with van der Waals surface area (Å²) in [7, 11) is 0. The minimum absolute atomic E-state index is 0.0138. The molecule has 3 aromatic rings. The molecule has 2 N–H and O–H groups in total. The van der Waals surface area contributed by atoms with Crippen molar-refractivity contribution in [3.63, 3.8) is 0 Å². The number of Topliss-reactive ketones (excluding diaryl/α,β-unsaturated/α-hetero) is 1. The van der Waals surface area contributed by atoms with E-state index in [-0.39, 0.29) is 35.6 Å². The standard InChI is InChI=1S/C25H27N3O4/c29-22-15-17(26-20-6-2-1-5-19(20)22)11-14-24(30)27-16-9-12-18(13-10-16)28-21-7-3-4-8-23(21)32-25(28)31/h1-8,16-18,26H,9-15H2,(H,27,30). The van der Waals surface area contributed by atoms with Crippen LogP contribution in [0.3, 0.4) is 0 Å². The monoisotopic (exact) mass is 433 g/mol. The molecule has 7 nitrogen and oxygen atoms in total. The summed E-state index contributed by atoms with van der Waals surface area (Å²) in [6, 6.07) is 15.2. The van der Waals surface area contributed by atoms with Gasteiger partial charge in [0, 0.05) is 42.2 Å². The summed E-state index contributed by atoms with van der Waals surface area (Å²) in [6.07, 6.45) is 4.73. The molecular formula is C25H27N3O4. The molecule has 1 aliphatic carbocycles. The molecule has 1 unspecified atom stereocenters. The average Bonchev–Trinajstić information content (AvgIpc) is 3.14. The Labute approximate surface area is 185 Å². The lowest BCUT2D eigenvalue weighted by atomic mass is 9.90. The van der Waals surface area contributed by atoms with Gasteiger partial charge in [-0.25, -0.2) is 4.79 Å². The van der Waals surface area contributed by atoms with E-state index in [0.29, 0.717) is 24.8 Å². The van der Waals surface area contributed by atoms with E-state index in [4.69, 9.17) is 4.42 Å². The zero-order valence-corrected chi connectivity index (χ0v) is 17.9. The molecular weight excluding hydrogens is 406 g/mol. The Morgan fingerprint density at radius 1 is 1.03 bits per heavy atom.